The SMILES string of the molecule is CC(C)c1ccc(-c2c(O)c(O)c(O)c(O)c2O)cc1. The zero-order chi connectivity index (χ0) is 15.0. The smallest absolute Gasteiger partial charge is 0.208 e. The van der Waals surface area contributed by atoms with Crippen LogP contribution in [0.5, 0.6) is 28.7 Å². The highest BCUT2D eigenvalue weighted by molar-refractivity contribution is 5.85. The average molecular weight is 276 g/mol. The third-order valence-corrected chi connectivity index (χ3v) is 3.24. The molecule has 0 saturated heterocycles. The Bertz CT molecular complexity index is 615. The highest BCUT2D eigenvalue weighted by atomic mass is 16.4. The standard InChI is InChI=1S/C15H16O5/c1-7(2)8-3-5-9(6-4-8)10-11(16)13(18)15(20)14(19)12(10)17/h3-7,16-20H,1-2H3. The zero-order valence-electron chi connectivity index (χ0n) is 11.1. The second kappa shape index (κ2) is 4.85. The molecular weight excluding hydrogens is 260 g/mol. The molecule has 0 unspecified atom stereocenters. The van der Waals surface area contributed by atoms with Crippen LogP contribution in [0.4, 0.5) is 0 Å². The molecule has 5 nitrogen and oxygen atoms in total. The van der Waals surface area contributed by atoms with Gasteiger partial charge in [-0.15, -0.1) is 0 Å². The van der Waals surface area contributed by atoms with E-state index < -0.39 is 28.7 Å². The summed E-state index contributed by atoms with van der Waals surface area (Å²) < 4.78 is 0. The maximum Gasteiger partial charge on any atom is 0.208 e. The summed E-state index contributed by atoms with van der Waals surface area (Å²) in [4.78, 5) is 0. The molecule has 0 aliphatic carbocycles. The molecule has 106 valence electrons. The summed E-state index contributed by atoms with van der Waals surface area (Å²) in [7, 11) is 0. The van der Waals surface area contributed by atoms with E-state index >= 15 is 0 Å². The Hall–Kier alpha value is -2.56. The number of hydrogen-bond donors (Lipinski definition) is 5. The van der Waals surface area contributed by atoms with Crippen LogP contribution in [0.3, 0.4) is 0 Å². The van der Waals surface area contributed by atoms with Crippen molar-refractivity contribution in [2.45, 2.75) is 19.8 Å². The zero-order valence-corrected chi connectivity index (χ0v) is 11.1. The van der Waals surface area contributed by atoms with Crippen LogP contribution < -0.4 is 0 Å². The molecule has 2 aromatic carbocycles. The summed E-state index contributed by atoms with van der Waals surface area (Å²) in [5, 5.41) is 48.1. The van der Waals surface area contributed by atoms with Gasteiger partial charge < -0.3 is 25.5 Å². The third kappa shape index (κ3) is 2.07. The van der Waals surface area contributed by atoms with E-state index in [9.17, 15) is 25.5 Å². The van der Waals surface area contributed by atoms with E-state index in [-0.39, 0.29) is 5.56 Å². The molecule has 0 aromatic heterocycles. The van der Waals surface area contributed by atoms with Gasteiger partial charge in [0.1, 0.15) is 0 Å². The quantitative estimate of drug-likeness (QED) is 0.429. The molecule has 0 aliphatic rings. The van der Waals surface area contributed by atoms with E-state index in [0.29, 0.717) is 11.5 Å². The number of phenols is 5. The molecule has 2 aromatic rings. The molecule has 0 amide bonds. The first-order valence-electron chi connectivity index (χ1n) is 6.13. The number of aromatic hydroxyl groups is 5. The van der Waals surface area contributed by atoms with Crippen LogP contribution in [-0.2, 0) is 0 Å². The van der Waals surface area contributed by atoms with Crippen LogP contribution in [0, 0.1) is 0 Å². The Morgan fingerprint density at radius 1 is 0.650 bits per heavy atom. The lowest BCUT2D eigenvalue weighted by molar-refractivity contribution is 0.330. The molecule has 0 aliphatic heterocycles. The van der Waals surface area contributed by atoms with Gasteiger partial charge in [0.25, 0.3) is 0 Å². The molecule has 0 saturated carbocycles. The van der Waals surface area contributed by atoms with E-state index in [1.54, 1.807) is 12.1 Å². The van der Waals surface area contributed by atoms with Gasteiger partial charge in [-0.1, -0.05) is 38.1 Å². The number of phenolic OH excluding ortho intramolecular Hbond substituents is 5. The summed E-state index contributed by atoms with van der Waals surface area (Å²) in [6.45, 7) is 4.06. The Labute approximate surface area is 116 Å². The van der Waals surface area contributed by atoms with E-state index in [2.05, 4.69) is 0 Å². The van der Waals surface area contributed by atoms with Crippen LogP contribution in [0.2, 0.25) is 0 Å². The van der Waals surface area contributed by atoms with Crippen molar-refractivity contribution < 1.29 is 25.5 Å². The lowest BCUT2D eigenvalue weighted by Crippen LogP contribution is -1.88. The molecule has 0 spiro atoms. The molecule has 5 heteroatoms. The fourth-order valence-electron chi connectivity index (χ4n) is 1.99. The molecule has 20 heavy (non-hydrogen) atoms. The molecule has 2 rings (SSSR count). The first-order chi connectivity index (χ1) is 9.34. The topological polar surface area (TPSA) is 101 Å². The summed E-state index contributed by atoms with van der Waals surface area (Å²) in [6.07, 6.45) is 0. The van der Waals surface area contributed by atoms with Gasteiger partial charge in [-0.2, -0.15) is 0 Å². The van der Waals surface area contributed by atoms with Crippen LogP contribution in [0.15, 0.2) is 24.3 Å². The maximum atomic E-state index is 9.83. The highest BCUT2D eigenvalue weighted by Gasteiger charge is 2.24. The van der Waals surface area contributed by atoms with E-state index in [4.69, 9.17) is 0 Å². The Kier molecular flexibility index (Phi) is 3.36. The minimum absolute atomic E-state index is 0.131. The van der Waals surface area contributed by atoms with Crippen molar-refractivity contribution in [3.05, 3.63) is 29.8 Å². The molecule has 0 bridgehead atoms. The second-order valence-corrected chi connectivity index (χ2v) is 4.89. The average Bonchev–Trinajstić information content (AvgIpc) is 2.44. The number of hydrogen-bond acceptors (Lipinski definition) is 5. The lowest BCUT2D eigenvalue weighted by atomic mass is 9.97. The molecule has 0 radical (unpaired) electrons. The van der Waals surface area contributed by atoms with Crippen LogP contribution in [-0.4, -0.2) is 25.5 Å². The van der Waals surface area contributed by atoms with E-state index in [0.717, 1.165) is 5.56 Å². The maximum absolute atomic E-state index is 9.83. The van der Waals surface area contributed by atoms with Gasteiger partial charge in [-0.25, -0.2) is 0 Å². The Balaban J connectivity index is 2.64. The minimum atomic E-state index is -0.956. The van der Waals surface area contributed by atoms with Crippen molar-refractivity contribution in [2.75, 3.05) is 0 Å². The largest absolute Gasteiger partial charge is 0.504 e. The number of benzene rings is 2. The van der Waals surface area contributed by atoms with Crippen molar-refractivity contribution in [1.29, 1.82) is 0 Å². The van der Waals surface area contributed by atoms with Gasteiger partial charge in [-0.3, -0.25) is 0 Å². The molecule has 0 atom stereocenters. The lowest BCUT2D eigenvalue weighted by Gasteiger charge is -2.13. The number of rotatable bonds is 2. The second-order valence-electron chi connectivity index (χ2n) is 4.89. The minimum Gasteiger partial charge on any atom is -0.504 e. The first kappa shape index (κ1) is 13.9. The fourth-order valence-corrected chi connectivity index (χ4v) is 1.99. The third-order valence-electron chi connectivity index (χ3n) is 3.24. The highest BCUT2D eigenvalue weighted by Crippen LogP contribution is 2.54. The molecular formula is C15H16O5. The van der Waals surface area contributed by atoms with Gasteiger partial charge in [-0.05, 0) is 17.0 Å². The van der Waals surface area contributed by atoms with Gasteiger partial charge in [0.05, 0.1) is 5.56 Å². The molecule has 5 N–H and O–H groups in total. The Morgan fingerprint density at radius 2 is 1.05 bits per heavy atom. The van der Waals surface area contributed by atoms with Crippen molar-refractivity contribution in [3.8, 4) is 39.9 Å². The van der Waals surface area contributed by atoms with E-state index in [1.165, 1.54) is 0 Å². The van der Waals surface area contributed by atoms with Crippen LogP contribution in [0.1, 0.15) is 25.3 Å². The monoisotopic (exact) mass is 276 g/mol. The fraction of sp³-hybridized carbons (Fsp3) is 0.200. The molecule has 0 heterocycles. The summed E-state index contributed by atoms with van der Waals surface area (Å²) in [6, 6.07) is 6.94. The van der Waals surface area contributed by atoms with Gasteiger partial charge >= 0.3 is 0 Å². The molecule has 0 fully saturated rings. The van der Waals surface area contributed by atoms with Crippen LogP contribution in [0.25, 0.3) is 11.1 Å². The van der Waals surface area contributed by atoms with Gasteiger partial charge in [0.2, 0.25) is 17.2 Å². The first-order valence-corrected chi connectivity index (χ1v) is 6.13. The summed E-state index contributed by atoms with van der Waals surface area (Å²) in [5.41, 5.74) is 1.35. The Morgan fingerprint density at radius 3 is 1.45 bits per heavy atom. The predicted octanol–water partition coefficient (Wildman–Crippen LogP) is 3.01. The van der Waals surface area contributed by atoms with Crippen molar-refractivity contribution in [3.63, 3.8) is 0 Å². The van der Waals surface area contributed by atoms with Crippen LogP contribution >= 0.6 is 0 Å². The van der Waals surface area contributed by atoms with Gasteiger partial charge in [0.15, 0.2) is 11.5 Å². The van der Waals surface area contributed by atoms with Gasteiger partial charge in [0, 0.05) is 0 Å². The normalized spacial score (nSPS) is 10.9. The van der Waals surface area contributed by atoms with Crippen molar-refractivity contribution in [1.82, 2.24) is 0 Å². The van der Waals surface area contributed by atoms with Crippen molar-refractivity contribution in [2.24, 2.45) is 0 Å². The summed E-state index contributed by atoms with van der Waals surface area (Å²) >= 11 is 0. The summed E-state index contributed by atoms with van der Waals surface area (Å²) in [5.74, 6) is -3.74. The predicted molar refractivity (Wildman–Crippen MR) is 74.3 cm³/mol. The van der Waals surface area contributed by atoms with Crippen molar-refractivity contribution >= 4 is 0 Å². The van der Waals surface area contributed by atoms with E-state index in [1.807, 2.05) is 26.0 Å².